The van der Waals surface area contributed by atoms with Gasteiger partial charge in [0.15, 0.2) is 0 Å². The summed E-state index contributed by atoms with van der Waals surface area (Å²) in [6, 6.07) is 2.13. The van der Waals surface area contributed by atoms with Crippen molar-refractivity contribution in [2.45, 2.75) is 58.5 Å². The molecule has 2 aromatic rings. The molecule has 1 aliphatic rings. The van der Waals surface area contributed by atoms with Gasteiger partial charge >= 0.3 is 0 Å². The number of nitrogens with one attached hydrogen (secondary N) is 1. The average Bonchev–Trinajstić information content (AvgIpc) is 2.96. The lowest BCUT2D eigenvalue weighted by atomic mass is 9.86. The molecule has 0 bridgehead atoms. The molecule has 6 heteroatoms. The summed E-state index contributed by atoms with van der Waals surface area (Å²) in [6.07, 6.45) is 6.98. The zero-order valence-electron chi connectivity index (χ0n) is 13.7. The molecule has 0 aromatic carbocycles. The predicted molar refractivity (Wildman–Crippen MR) is 92.8 cm³/mol. The van der Waals surface area contributed by atoms with E-state index in [0.717, 1.165) is 35.4 Å². The van der Waals surface area contributed by atoms with E-state index in [0.29, 0.717) is 11.3 Å². The molecule has 1 aliphatic carbocycles. The number of thiophene rings is 1. The number of carbonyl (C=O) groups excluding carboxylic acids is 1. The monoisotopic (exact) mass is 333 g/mol. The Hall–Kier alpha value is -1.69. The number of fused-ring (bicyclic) bond motifs is 1. The fourth-order valence-corrected chi connectivity index (χ4v) is 4.16. The van der Waals surface area contributed by atoms with Gasteiger partial charge in [0, 0.05) is 10.9 Å². The highest BCUT2D eigenvalue weighted by molar-refractivity contribution is 7.18. The molecule has 2 heterocycles. The third-order valence-electron chi connectivity index (χ3n) is 4.69. The van der Waals surface area contributed by atoms with Crippen molar-refractivity contribution >= 4 is 27.5 Å². The van der Waals surface area contributed by atoms with Crippen LogP contribution in [0.5, 0.6) is 0 Å². The van der Waals surface area contributed by atoms with Crippen LogP contribution in [0, 0.1) is 5.92 Å². The number of rotatable bonds is 4. The lowest BCUT2D eigenvalue weighted by Gasteiger charge is -2.29. The van der Waals surface area contributed by atoms with E-state index in [1.54, 1.807) is 11.3 Å². The minimum Gasteiger partial charge on any atom is -0.352 e. The molecule has 2 aromatic heterocycles. The Labute approximate surface area is 139 Å². The molecule has 1 amide bonds. The molecule has 5 nitrogen and oxygen atoms in total. The molecule has 3 rings (SSSR count). The van der Waals surface area contributed by atoms with Gasteiger partial charge in [-0.2, -0.15) is 0 Å². The molecule has 23 heavy (non-hydrogen) atoms. The Morgan fingerprint density at radius 3 is 2.96 bits per heavy atom. The summed E-state index contributed by atoms with van der Waals surface area (Å²) in [6.45, 7) is 4.28. The number of carbonyl (C=O) groups is 1. The van der Waals surface area contributed by atoms with Crippen LogP contribution in [-0.4, -0.2) is 21.5 Å². The van der Waals surface area contributed by atoms with Gasteiger partial charge in [-0.15, -0.1) is 11.3 Å². The van der Waals surface area contributed by atoms with Crippen LogP contribution in [0.3, 0.4) is 0 Å². The van der Waals surface area contributed by atoms with E-state index in [4.69, 9.17) is 0 Å². The third-order valence-corrected chi connectivity index (χ3v) is 5.88. The van der Waals surface area contributed by atoms with Gasteiger partial charge in [0.05, 0.1) is 11.7 Å². The van der Waals surface area contributed by atoms with Crippen LogP contribution < -0.4 is 10.9 Å². The smallest absolute Gasteiger partial charge is 0.262 e. The second-order valence-corrected chi connectivity index (χ2v) is 7.51. The van der Waals surface area contributed by atoms with Crippen LogP contribution in [0.25, 0.3) is 10.2 Å². The predicted octanol–water partition coefficient (Wildman–Crippen LogP) is 2.72. The van der Waals surface area contributed by atoms with Gasteiger partial charge in [0.2, 0.25) is 5.91 Å². The van der Waals surface area contributed by atoms with Gasteiger partial charge < -0.3 is 5.32 Å². The number of aromatic nitrogens is 2. The fraction of sp³-hybridized carbons (Fsp3) is 0.588. The first-order valence-corrected chi connectivity index (χ1v) is 9.17. The van der Waals surface area contributed by atoms with Crippen LogP contribution in [0.1, 0.15) is 44.4 Å². The molecular formula is C17H23N3O2S. The van der Waals surface area contributed by atoms with Gasteiger partial charge in [-0.3, -0.25) is 14.2 Å². The first kappa shape index (κ1) is 16.2. The summed E-state index contributed by atoms with van der Waals surface area (Å²) in [5, 5.41) is 3.70. The summed E-state index contributed by atoms with van der Waals surface area (Å²) in [5.41, 5.74) is -0.127. The molecule has 0 radical (unpaired) electrons. The lowest BCUT2D eigenvalue weighted by Crippen LogP contribution is -2.43. The molecule has 124 valence electrons. The zero-order chi connectivity index (χ0) is 16.4. The maximum Gasteiger partial charge on any atom is 0.262 e. The largest absolute Gasteiger partial charge is 0.352 e. The summed E-state index contributed by atoms with van der Waals surface area (Å²) in [7, 11) is 0. The van der Waals surface area contributed by atoms with Crippen molar-refractivity contribution in [2.24, 2.45) is 5.92 Å². The fourth-order valence-electron chi connectivity index (χ4n) is 3.23. The molecule has 0 saturated heterocycles. The Morgan fingerprint density at radius 2 is 2.22 bits per heavy atom. The lowest BCUT2D eigenvalue weighted by molar-refractivity contribution is -0.123. The van der Waals surface area contributed by atoms with E-state index >= 15 is 0 Å². The third kappa shape index (κ3) is 3.47. The van der Waals surface area contributed by atoms with Crippen molar-refractivity contribution in [3.8, 4) is 0 Å². The van der Waals surface area contributed by atoms with E-state index in [1.807, 2.05) is 6.07 Å². The first-order valence-electron chi connectivity index (χ1n) is 8.35. The number of nitrogens with zero attached hydrogens (tertiary/aromatic N) is 2. The van der Waals surface area contributed by atoms with Gasteiger partial charge in [-0.1, -0.05) is 26.7 Å². The van der Waals surface area contributed by atoms with Crippen molar-refractivity contribution < 1.29 is 4.79 Å². The number of amides is 1. The maximum absolute atomic E-state index is 12.5. The standard InChI is InChI=1S/C17H23N3O2S/c1-3-12-8-13-16(23-12)18-10-20(17(13)22)9-15(21)19-14-7-5-4-6-11(14)2/h8,10-11,14H,3-7,9H2,1-2H3,(H,19,21)/t11-,14+/m1/s1. The van der Waals surface area contributed by atoms with Gasteiger partial charge in [0.25, 0.3) is 5.56 Å². The van der Waals surface area contributed by atoms with Crippen LogP contribution in [-0.2, 0) is 17.8 Å². The Kier molecular flexibility index (Phi) is 4.80. The molecule has 0 spiro atoms. The second kappa shape index (κ2) is 6.83. The average molecular weight is 333 g/mol. The molecule has 1 saturated carbocycles. The zero-order valence-corrected chi connectivity index (χ0v) is 14.5. The van der Waals surface area contributed by atoms with E-state index in [2.05, 4.69) is 24.1 Å². The summed E-state index contributed by atoms with van der Waals surface area (Å²) in [4.78, 5) is 31.0. The van der Waals surface area contributed by atoms with E-state index in [9.17, 15) is 9.59 Å². The Balaban J connectivity index is 1.74. The topological polar surface area (TPSA) is 64.0 Å². The van der Waals surface area contributed by atoms with Crippen molar-refractivity contribution in [3.05, 3.63) is 27.6 Å². The molecule has 1 fully saturated rings. The van der Waals surface area contributed by atoms with E-state index in [1.165, 1.54) is 17.3 Å². The minimum absolute atomic E-state index is 0.0439. The van der Waals surface area contributed by atoms with Crippen LogP contribution in [0.2, 0.25) is 0 Å². The van der Waals surface area contributed by atoms with Gasteiger partial charge in [0.1, 0.15) is 11.4 Å². The molecule has 1 N–H and O–H groups in total. The first-order chi connectivity index (χ1) is 11.1. The highest BCUT2D eigenvalue weighted by Gasteiger charge is 2.23. The van der Waals surface area contributed by atoms with Crippen molar-refractivity contribution in [1.29, 1.82) is 0 Å². The summed E-state index contributed by atoms with van der Waals surface area (Å²) >= 11 is 1.54. The van der Waals surface area contributed by atoms with Crippen LogP contribution >= 0.6 is 11.3 Å². The van der Waals surface area contributed by atoms with Crippen molar-refractivity contribution in [3.63, 3.8) is 0 Å². The quantitative estimate of drug-likeness (QED) is 0.935. The maximum atomic E-state index is 12.5. The number of hydrogen-bond donors (Lipinski definition) is 1. The van der Waals surface area contributed by atoms with Crippen molar-refractivity contribution in [1.82, 2.24) is 14.9 Å². The van der Waals surface area contributed by atoms with E-state index in [-0.39, 0.29) is 24.1 Å². The van der Waals surface area contributed by atoms with Gasteiger partial charge in [-0.25, -0.2) is 4.98 Å². The molecule has 0 unspecified atom stereocenters. The molecular weight excluding hydrogens is 310 g/mol. The normalized spacial score (nSPS) is 21.5. The highest BCUT2D eigenvalue weighted by atomic mass is 32.1. The summed E-state index contributed by atoms with van der Waals surface area (Å²) < 4.78 is 1.41. The van der Waals surface area contributed by atoms with Gasteiger partial charge in [-0.05, 0) is 31.2 Å². The van der Waals surface area contributed by atoms with Crippen LogP contribution in [0.15, 0.2) is 17.2 Å². The number of aryl methyl sites for hydroxylation is 1. The summed E-state index contributed by atoms with van der Waals surface area (Å²) in [5.74, 6) is 0.409. The second-order valence-electron chi connectivity index (χ2n) is 6.40. The van der Waals surface area contributed by atoms with Crippen LogP contribution in [0.4, 0.5) is 0 Å². The molecule has 2 atom stereocenters. The Morgan fingerprint density at radius 1 is 1.43 bits per heavy atom. The van der Waals surface area contributed by atoms with Crippen molar-refractivity contribution in [2.75, 3.05) is 0 Å². The number of hydrogen-bond acceptors (Lipinski definition) is 4. The molecule has 0 aliphatic heterocycles. The SMILES string of the molecule is CCc1cc2c(=O)n(CC(=O)N[C@H]3CCCC[C@H]3C)cnc2s1. The minimum atomic E-state index is -0.127. The Bertz CT molecular complexity index is 765. The highest BCUT2D eigenvalue weighted by Crippen LogP contribution is 2.24. The van der Waals surface area contributed by atoms with E-state index < -0.39 is 0 Å².